The maximum atomic E-state index is 13.3. The first-order valence-corrected chi connectivity index (χ1v) is 16.2. The van der Waals surface area contributed by atoms with E-state index in [1.54, 1.807) is 30.3 Å². The molecule has 0 aliphatic rings. The second kappa shape index (κ2) is 15.1. The zero-order valence-corrected chi connectivity index (χ0v) is 24.0. The highest BCUT2D eigenvalue weighted by atomic mass is 32.2. The van der Waals surface area contributed by atoms with Crippen molar-refractivity contribution in [2.75, 3.05) is 13.2 Å². The Morgan fingerprint density at radius 1 is 0.611 bits per heavy atom. The number of hydrogen-bond donors (Lipinski definition) is 0. The molecule has 0 amide bonds. The Hall–Kier alpha value is -1.48. The predicted molar refractivity (Wildman–Crippen MR) is 146 cm³/mol. The molecule has 0 aromatic heterocycles. The van der Waals surface area contributed by atoms with Crippen LogP contribution in [0.15, 0.2) is 46.2 Å². The molecule has 0 radical (unpaired) electrons. The summed E-state index contributed by atoms with van der Waals surface area (Å²) < 4.78 is 63.3. The summed E-state index contributed by atoms with van der Waals surface area (Å²) in [5.41, 5.74) is 0. The number of fused-ring (bicyclic) bond motifs is 1. The van der Waals surface area contributed by atoms with Crippen molar-refractivity contribution in [2.45, 2.75) is 102 Å². The molecule has 0 atom stereocenters. The van der Waals surface area contributed by atoms with Gasteiger partial charge < -0.3 is 0 Å². The minimum Gasteiger partial charge on any atom is -0.266 e. The molecule has 0 fully saturated rings. The van der Waals surface area contributed by atoms with E-state index in [9.17, 15) is 16.8 Å². The molecule has 0 spiro atoms. The highest BCUT2D eigenvalue weighted by Gasteiger charge is 2.30. The molecule has 36 heavy (non-hydrogen) atoms. The number of unbranched alkanes of at least 4 members (excludes halogenated alkanes) is 6. The van der Waals surface area contributed by atoms with Crippen LogP contribution in [-0.4, -0.2) is 30.0 Å². The quantitative estimate of drug-likeness (QED) is 0.144. The molecular formula is C28H44O6S2. The zero-order valence-electron chi connectivity index (χ0n) is 22.4. The molecule has 0 unspecified atom stereocenters. The van der Waals surface area contributed by atoms with Gasteiger partial charge in [0.15, 0.2) is 0 Å². The van der Waals surface area contributed by atoms with Crippen LogP contribution < -0.4 is 0 Å². The van der Waals surface area contributed by atoms with Crippen LogP contribution in [0.5, 0.6) is 0 Å². The summed E-state index contributed by atoms with van der Waals surface area (Å²) in [7, 11) is -8.60. The predicted octanol–water partition coefficient (Wildman–Crippen LogP) is 7.46. The lowest BCUT2D eigenvalue weighted by molar-refractivity contribution is 0.298. The average molecular weight is 541 g/mol. The van der Waals surface area contributed by atoms with Crippen molar-refractivity contribution < 1.29 is 25.2 Å². The molecule has 0 saturated carbocycles. The summed E-state index contributed by atoms with van der Waals surface area (Å²) in [6.07, 6.45) is 9.46. The van der Waals surface area contributed by atoms with Gasteiger partial charge in [0.05, 0.1) is 13.2 Å². The fraction of sp³-hybridized carbons (Fsp3) is 0.643. The van der Waals surface area contributed by atoms with Crippen LogP contribution >= 0.6 is 0 Å². The number of benzene rings is 2. The zero-order chi connectivity index (χ0) is 26.6. The van der Waals surface area contributed by atoms with Gasteiger partial charge >= 0.3 is 0 Å². The molecule has 0 heterocycles. The third kappa shape index (κ3) is 10.1. The van der Waals surface area contributed by atoms with Crippen molar-refractivity contribution in [3.8, 4) is 0 Å². The van der Waals surface area contributed by atoms with Crippen LogP contribution in [0.4, 0.5) is 0 Å². The fourth-order valence-electron chi connectivity index (χ4n) is 4.15. The van der Waals surface area contributed by atoms with Crippen molar-refractivity contribution in [3.05, 3.63) is 36.4 Å². The lowest BCUT2D eigenvalue weighted by Gasteiger charge is -2.14. The van der Waals surface area contributed by atoms with Gasteiger partial charge in [-0.1, -0.05) is 109 Å². The first-order valence-electron chi connectivity index (χ1n) is 13.3. The average Bonchev–Trinajstić information content (AvgIpc) is 2.81. The molecule has 0 aliphatic carbocycles. The maximum absolute atomic E-state index is 13.3. The van der Waals surface area contributed by atoms with E-state index in [1.165, 1.54) is 6.07 Å². The standard InChI is InChI=1S/C28H44O6S2/c1-23(2)15-9-5-7-13-21-33-35(29,30)27-20-19-25-17-11-12-18-26(25)28(27)36(31,32)34-22-14-8-6-10-16-24(3)4/h11-12,17-20,23-24H,5-10,13-16,21-22H2,1-4H3. The van der Waals surface area contributed by atoms with Crippen LogP contribution in [0.1, 0.15) is 91.9 Å². The topological polar surface area (TPSA) is 86.7 Å². The molecule has 0 bridgehead atoms. The third-order valence-electron chi connectivity index (χ3n) is 6.19. The minimum absolute atomic E-state index is 0.0178. The van der Waals surface area contributed by atoms with Crippen LogP contribution in [0.25, 0.3) is 10.8 Å². The van der Waals surface area contributed by atoms with E-state index in [4.69, 9.17) is 8.37 Å². The second-order valence-corrected chi connectivity index (χ2v) is 13.5. The lowest BCUT2D eigenvalue weighted by Crippen LogP contribution is -2.16. The lowest BCUT2D eigenvalue weighted by atomic mass is 10.0. The van der Waals surface area contributed by atoms with Gasteiger partial charge in [-0.2, -0.15) is 16.8 Å². The summed E-state index contributed by atoms with van der Waals surface area (Å²) in [5, 5.41) is 0.935. The fourth-order valence-corrected chi connectivity index (χ4v) is 7.03. The van der Waals surface area contributed by atoms with Crippen molar-refractivity contribution in [1.82, 2.24) is 0 Å². The molecular weight excluding hydrogens is 496 g/mol. The third-order valence-corrected chi connectivity index (χ3v) is 9.09. The maximum Gasteiger partial charge on any atom is 0.299 e. The Morgan fingerprint density at radius 3 is 1.67 bits per heavy atom. The molecule has 2 aromatic rings. The van der Waals surface area contributed by atoms with Crippen LogP contribution in [-0.2, 0) is 28.6 Å². The summed E-state index contributed by atoms with van der Waals surface area (Å²) in [5.74, 6) is 1.31. The monoisotopic (exact) mass is 540 g/mol. The van der Waals surface area contributed by atoms with Crippen molar-refractivity contribution in [2.24, 2.45) is 11.8 Å². The smallest absolute Gasteiger partial charge is 0.266 e. The van der Waals surface area contributed by atoms with Gasteiger partial charge in [0, 0.05) is 5.39 Å². The van der Waals surface area contributed by atoms with Gasteiger partial charge in [-0.15, -0.1) is 0 Å². The summed E-state index contributed by atoms with van der Waals surface area (Å²) in [4.78, 5) is -0.699. The van der Waals surface area contributed by atoms with Gasteiger partial charge in [-0.25, -0.2) is 0 Å². The second-order valence-electron chi connectivity index (χ2n) is 10.4. The van der Waals surface area contributed by atoms with Gasteiger partial charge in [0.2, 0.25) is 0 Å². The molecule has 8 heteroatoms. The van der Waals surface area contributed by atoms with Crippen LogP contribution in [0, 0.1) is 11.8 Å². The largest absolute Gasteiger partial charge is 0.299 e. The SMILES string of the molecule is CC(C)CCCCCCOS(=O)(=O)c1ccc2ccccc2c1S(=O)(=O)OCCCCCCC(C)C. The molecule has 0 aliphatic heterocycles. The normalized spacial score (nSPS) is 12.7. The molecule has 204 valence electrons. The molecule has 6 nitrogen and oxygen atoms in total. The van der Waals surface area contributed by atoms with Gasteiger partial charge in [-0.3, -0.25) is 8.37 Å². The van der Waals surface area contributed by atoms with Crippen molar-refractivity contribution >= 4 is 31.0 Å². The summed E-state index contributed by atoms with van der Waals surface area (Å²) in [6, 6.07) is 9.72. The Labute approximate surface area is 219 Å². The van der Waals surface area contributed by atoms with Gasteiger partial charge in [0.1, 0.15) is 9.79 Å². The molecule has 0 N–H and O–H groups in total. The number of rotatable bonds is 18. The van der Waals surface area contributed by atoms with Crippen molar-refractivity contribution in [3.63, 3.8) is 0 Å². The van der Waals surface area contributed by atoms with Crippen LogP contribution in [0.2, 0.25) is 0 Å². The van der Waals surface area contributed by atoms with Crippen LogP contribution in [0.3, 0.4) is 0 Å². The molecule has 0 saturated heterocycles. The van der Waals surface area contributed by atoms with E-state index in [0.717, 1.165) is 51.4 Å². The van der Waals surface area contributed by atoms with Gasteiger partial charge in [-0.05, 0) is 36.1 Å². The first kappa shape index (κ1) is 30.7. The molecule has 2 rings (SSSR count). The highest BCUT2D eigenvalue weighted by Crippen LogP contribution is 2.32. The highest BCUT2D eigenvalue weighted by molar-refractivity contribution is 7.90. The van der Waals surface area contributed by atoms with E-state index in [1.807, 2.05) is 0 Å². The van der Waals surface area contributed by atoms with E-state index < -0.39 is 20.2 Å². The number of hydrogen-bond acceptors (Lipinski definition) is 6. The van der Waals surface area contributed by atoms with E-state index in [-0.39, 0.29) is 23.0 Å². The van der Waals surface area contributed by atoms with E-state index >= 15 is 0 Å². The Balaban J connectivity index is 2.10. The van der Waals surface area contributed by atoms with Gasteiger partial charge in [0.25, 0.3) is 20.2 Å². The Bertz CT molecular complexity index is 1140. The Kier molecular flexibility index (Phi) is 12.9. The Morgan fingerprint density at radius 2 is 1.11 bits per heavy atom. The summed E-state index contributed by atoms with van der Waals surface area (Å²) >= 11 is 0. The van der Waals surface area contributed by atoms with Crippen molar-refractivity contribution in [1.29, 1.82) is 0 Å². The first-order chi connectivity index (χ1) is 17.0. The van der Waals surface area contributed by atoms with E-state index in [0.29, 0.717) is 35.4 Å². The summed E-state index contributed by atoms with van der Waals surface area (Å²) in [6.45, 7) is 8.77. The molecule has 2 aromatic carbocycles. The minimum atomic E-state index is -4.32. The van der Waals surface area contributed by atoms with E-state index in [2.05, 4.69) is 27.7 Å².